The lowest BCUT2D eigenvalue weighted by Crippen LogP contribution is -2.42. The first-order valence-corrected chi connectivity index (χ1v) is 5.78. The number of carbonyl (C=O) groups is 1. The van der Waals surface area contributed by atoms with Crippen LogP contribution in [0.3, 0.4) is 0 Å². The molecule has 1 aromatic heterocycles. The molecule has 1 saturated heterocycles. The van der Waals surface area contributed by atoms with Crippen molar-refractivity contribution in [2.24, 2.45) is 0 Å². The van der Waals surface area contributed by atoms with E-state index < -0.39 is 46.8 Å². The average molecular weight is 307 g/mol. The second kappa shape index (κ2) is 5.14. The first-order chi connectivity index (χ1) is 9.69. The standard InChI is InChI=1S/C10H11FN2O6S/c11-10(3-15)6(17)5(16)8(19-10)13-1-4(2-14)7(18)12-9(13)20/h1-2,5-6,8,15-17H,3H2,(H,12,18,20)/t5-,6+,8-,10-/m1/s1/i8D. The topological polar surface area (TPSA) is 125 Å². The number of aliphatic hydroxyl groups is 3. The van der Waals surface area contributed by atoms with Crippen LogP contribution in [0.5, 0.6) is 0 Å². The molecule has 4 N–H and O–H groups in total. The second-order valence-electron chi connectivity index (χ2n) is 4.11. The second-order valence-corrected chi connectivity index (χ2v) is 4.49. The van der Waals surface area contributed by atoms with Crippen LogP contribution in [-0.4, -0.2) is 55.8 Å². The molecule has 20 heavy (non-hydrogen) atoms. The summed E-state index contributed by atoms with van der Waals surface area (Å²) in [5.74, 6) is -3.09. The van der Waals surface area contributed by atoms with Gasteiger partial charge in [0.15, 0.2) is 17.3 Å². The van der Waals surface area contributed by atoms with Crippen LogP contribution < -0.4 is 5.56 Å². The van der Waals surface area contributed by atoms with E-state index in [1.807, 2.05) is 0 Å². The van der Waals surface area contributed by atoms with Crippen LogP contribution in [0, 0.1) is 4.77 Å². The number of halogens is 1. The molecule has 1 aliphatic rings. The quantitative estimate of drug-likeness (QED) is 0.401. The maximum Gasteiger partial charge on any atom is 0.263 e. The Kier molecular flexibility index (Phi) is 3.48. The van der Waals surface area contributed by atoms with Crippen molar-refractivity contribution in [3.05, 3.63) is 26.9 Å². The van der Waals surface area contributed by atoms with Crippen molar-refractivity contribution in [2.45, 2.75) is 24.3 Å². The summed E-state index contributed by atoms with van der Waals surface area (Å²) >= 11 is 4.77. The summed E-state index contributed by atoms with van der Waals surface area (Å²) in [5.41, 5.74) is -1.28. The van der Waals surface area contributed by atoms with Crippen LogP contribution in [0.4, 0.5) is 4.39 Å². The monoisotopic (exact) mass is 307 g/mol. The van der Waals surface area contributed by atoms with Gasteiger partial charge in [-0.3, -0.25) is 19.1 Å². The molecule has 110 valence electrons. The molecule has 0 amide bonds. The zero-order valence-corrected chi connectivity index (χ0v) is 10.6. The van der Waals surface area contributed by atoms with E-state index in [2.05, 4.69) is 9.72 Å². The van der Waals surface area contributed by atoms with Crippen molar-refractivity contribution in [3.63, 3.8) is 0 Å². The van der Waals surface area contributed by atoms with E-state index in [1.54, 1.807) is 0 Å². The van der Waals surface area contributed by atoms with Gasteiger partial charge in [0.2, 0.25) is 0 Å². The summed E-state index contributed by atoms with van der Waals surface area (Å²) in [4.78, 5) is 24.2. The average Bonchev–Trinajstić information content (AvgIpc) is 2.61. The van der Waals surface area contributed by atoms with E-state index in [9.17, 15) is 24.2 Å². The number of aromatic amines is 1. The number of aldehydes is 1. The van der Waals surface area contributed by atoms with Crippen molar-refractivity contribution in [1.29, 1.82) is 0 Å². The molecular formula is C10H11FN2O6S. The Balaban J connectivity index is 2.63. The molecule has 2 rings (SSSR count). The molecule has 8 nitrogen and oxygen atoms in total. The number of H-pyrrole nitrogens is 1. The van der Waals surface area contributed by atoms with Crippen molar-refractivity contribution in [3.8, 4) is 0 Å². The highest BCUT2D eigenvalue weighted by Crippen LogP contribution is 2.37. The number of alkyl halides is 1. The van der Waals surface area contributed by atoms with E-state index in [4.69, 9.17) is 18.7 Å². The molecule has 0 spiro atoms. The molecule has 1 fully saturated rings. The minimum Gasteiger partial charge on any atom is -0.390 e. The molecule has 1 aliphatic heterocycles. The third-order valence-corrected chi connectivity index (χ3v) is 3.12. The highest BCUT2D eigenvalue weighted by Gasteiger charge is 2.55. The SMILES string of the molecule is [2H][C@@]1(n2cc(C=O)c(=O)[nH]c2=S)O[C@](F)(CO)[C@@H](O)[C@H]1O. The number of hydrogen-bond acceptors (Lipinski definition) is 7. The van der Waals surface area contributed by atoms with Crippen LogP contribution >= 0.6 is 12.2 Å². The Morgan fingerprint density at radius 2 is 2.35 bits per heavy atom. The number of aliphatic hydroxyl groups excluding tert-OH is 3. The smallest absolute Gasteiger partial charge is 0.263 e. The molecule has 0 aliphatic carbocycles. The van der Waals surface area contributed by atoms with Crippen molar-refractivity contribution in [1.82, 2.24) is 9.55 Å². The highest BCUT2D eigenvalue weighted by atomic mass is 32.1. The summed E-state index contributed by atoms with van der Waals surface area (Å²) in [6.07, 6.45) is -6.07. The largest absolute Gasteiger partial charge is 0.390 e. The fraction of sp³-hybridized carbons (Fsp3) is 0.500. The molecular weight excluding hydrogens is 295 g/mol. The minimum atomic E-state index is -3.09. The Bertz CT molecular complexity index is 695. The van der Waals surface area contributed by atoms with Gasteiger partial charge in [-0.05, 0) is 12.2 Å². The van der Waals surface area contributed by atoms with E-state index in [0.29, 0.717) is 4.57 Å². The normalized spacial score (nSPS) is 37.7. The third-order valence-electron chi connectivity index (χ3n) is 2.82. The Hall–Kier alpha value is -1.46. The lowest BCUT2D eigenvalue weighted by molar-refractivity contribution is -0.207. The van der Waals surface area contributed by atoms with Crippen LogP contribution in [-0.2, 0) is 4.74 Å². The molecule has 0 unspecified atom stereocenters. The van der Waals surface area contributed by atoms with E-state index in [-0.39, 0.29) is 6.29 Å². The van der Waals surface area contributed by atoms with Crippen LogP contribution in [0.1, 0.15) is 17.9 Å². The predicted molar refractivity (Wildman–Crippen MR) is 64.3 cm³/mol. The first-order valence-electron chi connectivity index (χ1n) is 5.87. The predicted octanol–water partition coefficient (Wildman–Crippen LogP) is -1.37. The molecule has 2 heterocycles. The molecule has 10 heteroatoms. The fourth-order valence-electron chi connectivity index (χ4n) is 1.72. The van der Waals surface area contributed by atoms with Crippen LogP contribution in [0.15, 0.2) is 11.0 Å². The van der Waals surface area contributed by atoms with Crippen molar-refractivity contribution < 1.29 is 30.6 Å². The van der Waals surface area contributed by atoms with Crippen LogP contribution in [0.2, 0.25) is 0 Å². The zero-order chi connectivity index (χ0) is 16.0. The van der Waals surface area contributed by atoms with Crippen molar-refractivity contribution >= 4 is 18.5 Å². The van der Waals surface area contributed by atoms with Gasteiger partial charge < -0.3 is 20.1 Å². The lowest BCUT2D eigenvalue weighted by Gasteiger charge is -2.20. The van der Waals surface area contributed by atoms with Gasteiger partial charge in [0.25, 0.3) is 11.4 Å². The van der Waals surface area contributed by atoms with E-state index in [0.717, 1.165) is 6.20 Å². The lowest BCUT2D eigenvalue weighted by atomic mass is 10.1. The fourth-order valence-corrected chi connectivity index (χ4v) is 1.95. The first kappa shape index (κ1) is 13.5. The van der Waals surface area contributed by atoms with Gasteiger partial charge in [-0.15, -0.1) is 0 Å². The number of carbonyl (C=O) groups excluding carboxylic acids is 1. The van der Waals surface area contributed by atoms with Gasteiger partial charge in [0.1, 0.15) is 18.8 Å². The molecule has 0 aromatic carbocycles. The summed E-state index contributed by atoms with van der Waals surface area (Å²) < 4.78 is 26.8. The minimum absolute atomic E-state index is 0.167. The van der Waals surface area contributed by atoms with E-state index in [1.165, 1.54) is 0 Å². The third kappa shape index (κ3) is 2.21. The van der Waals surface area contributed by atoms with E-state index >= 15 is 0 Å². The van der Waals surface area contributed by atoms with Crippen LogP contribution in [0.25, 0.3) is 0 Å². The summed E-state index contributed by atoms with van der Waals surface area (Å²) in [6, 6.07) is 0. The molecule has 4 atom stereocenters. The number of hydrogen-bond donors (Lipinski definition) is 4. The number of ether oxygens (including phenoxy) is 1. The number of rotatable bonds is 3. The number of nitrogens with zero attached hydrogens (tertiary/aromatic N) is 1. The Morgan fingerprint density at radius 1 is 1.70 bits per heavy atom. The van der Waals surface area contributed by atoms with Gasteiger partial charge in [0.05, 0.1) is 6.93 Å². The van der Waals surface area contributed by atoms with Crippen molar-refractivity contribution in [2.75, 3.05) is 6.61 Å². The maximum absolute atomic E-state index is 14.1. The number of nitrogens with one attached hydrogen (secondary N) is 1. The summed E-state index contributed by atoms with van der Waals surface area (Å²) in [6.45, 7) is -1.32. The van der Waals surface area contributed by atoms with Gasteiger partial charge in [-0.25, -0.2) is 4.39 Å². The maximum atomic E-state index is 14.1. The molecule has 1 aromatic rings. The van der Waals surface area contributed by atoms with Gasteiger partial charge >= 0.3 is 0 Å². The molecule has 0 saturated carbocycles. The summed E-state index contributed by atoms with van der Waals surface area (Å²) in [5, 5.41) is 28.3. The van der Waals surface area contributed by atoms with Gasteiger partial charge in [-0.1, -0.05) is 0 Å². The number of aromatic nitrogens is 2. The Labute approximate surface area is 117 Å². The summed E-state index contributed by atoms with van der Waals surface area (Å²) in [7, 11) is 0. The molecule has 0 radical (unpaired) electrons. The van der Waals surface area contributed by atoms with Gasteiger partial charge in [0, 0.05) is 6.20 Å². The molecule has 0 bridgehead atoms. The Morgan fingerprint density at radius 3 is 2.85 bits per heavy atom. The van der Waals surface area contributed by atoms with Gasteiger partial charge in [-0.2, -0.15) is 0 Å². The highest BCUT2D eigenvalue weighted by molar-refractivity contribution is 7.71. The zero-order valence-electron chi connectivity index (χ0n) is 10.8.